The van der Waals surface area contributed by atoms with E-state index in [0.29, 0.717) is 24.3 Å². The van der Waals surface area contributed by atoms with Crippen LogP contribution in [0.15, 0.2) is 59.1 Å². The number of aliphatic hydroxyl groups excluding tert-OH is 2. The minimum absolute atomic E-state index is 0.134. The Morgan fingerprint density at radius 3 is 2.43 bits per heavy atom. The molecule has 1 amide bonds. The maximum absolute atomic E-state index is 14.2. The van der Waals surface area contributed by atoms with Gasteiger partial charge in [-0.25, -0.2) is 0 Å². The number of hydrogen-bond acceptors (Lipinski definition) is 8. The van der Waals surface area contributed by atoms with Crippen LogP contribution >= 0.6 is 0 Å². The van der Waals surface area contributed by atoms with Crippen LogP contribution in [0.4, 0.5) is 0 Å². The summed E-state index contributed by atoms with van der Waals surface area (Å²) in [5.74, 6) is -3.67. The number of likely N-dealkylation sites (N-methyl/N-ethyl adjacent to an activating group) is 1. The predicted molar refractivity (Wildman–Crippen MR) is 169 cm³/mol. The number of nitrogens with two attached hydrogens (primary N) is 1. The molecule has 44 heavy (non-hydrogen) atoms. The van der Waals surface area contributed by atoms with Crippen LogP contribution in [-0.4, -0.2) is 81.2 Å². The number of benzene rings is 2. The molecule has 3 aliphatic carbocycles. The molecule has 6 N–H and O–H groups in total. The van der Waals surface area contributed by atoms with Gasteiger partial charge in [-0.2, -0.15) is 0 Å². The molecule has 0 bridgehead atoms. The van der Waals surface area contributed by atoms with Crippen LogP contribution in [0.5, 0.6) is 5.75 Å². The number of phenols is 1. The summed E-state index contributed by atoms with van der Waals surface area (Å²) in [6, 6.07) is 10.9. The molecule has 0 radical (unpaired) electrons. The van der Waals surface area contributed by atoms with Crippen molar-refractivity contribution < 1.29 is 30.0 Å². The number of primary amides is 1. The van der Waals surface area contributed by atoms with Crippen LogP contribution in [-0.2, 0) is 17.8 Å². The maximum atomic E-state index is 14.2. The SMILES string of the molecule is CC(C)CCN(C)Cc1cccc(-c2ccc(O)c3c2CC2CC4C(C(O)=C2C3=O)[C@@](C)(O)C(C(N)=O)=C(O)[C@H]4N(C)C)c1. The standard InChI is InChI=1S/C35H45N3O6/c1-18(2)12-13-38(6)17-19-8-7-9-20(14-19)22-10-11-25(39)27-23(22)15-21-16-24-28(32(41)26(21)31(27)40)35(3,44)29(34(36)43)33(42)30(24)37(4)5/h7-11,14,18,21,24,28,30,39,41-42,44H,12-13,15-17H2,1-6H3,(H2,36,43)/t21?,24?,28?,30-,35+/m0/s1. The first-order chi connectivity index (χ1) is 20.6. The fraction of sp³-hybridized carbons (Fsp3) is 0.486. The number of amides is 1. The third kappa shape index (κ3) is 5.31. The number of allylic oxidation sites excluding steroid dienone is 1. The third-order valence-electron chi connectivity index (χ3n) is 9.81. The highest BCUT2D eigenvalue weighted by molar-refractivity contribution is 6.14. The van der Waals surface area contributed by atoms with Crippen molar-refractivity contribution in [3.05, 3.63) is 75.8 Å². The first-order valence-electron chi connectivity index (χ1n) is 15.4. The van der Waals surface area contributed by atoms with Gasteiger partial charge < -0.3 is 31.1 Å². The fourth-order valence-electron chi connectivity index (χ4n) is 7.87. The molecule has 9 heteroatoms. The van der Waals surface area contributed by atoms with Crippen molar-refractivity contribution in [2.24, 2.45) is 29.4 Å². The zero-order valence-electron chi connectivity index (χ0n) is 26.5. The number of carbonyl (C=O) groups excluding carboxylic acids is 2. The molecule has 3 unspecified atom stereocenters. The molecule has 2 aromatic carbocycles. The van der Waals surface area contributed by atoms with Gasteiger partial charge in [-0.05, 0) is 106 Å². The Labute approximate surface area is 259 Å². The van der Waals surface area contributed by atoms with Crippen molar-refractivity contribution in [2.45, 2.75) is 58.2 Å². The number of fused-ring (bicyclic) bond motifs is 3. The average molecular weight is 604 g/mol. The van der Waals surface area contributed by atoms with E-state index in [9.17, 15) is 30.0 Å². The number of phenolic OH excluding ortho intramolecular Hbond substituents is 1. The molecular weight excluding hydrogens is 558 g/mol. The molecular formula is C35H45N3O6. The van der Waals surface area contributed by atoms with Crippen molar-refractivity contribution in [2.75, 3.05) is 27.7 Å². The molecule has 5 atom stereocenters. The molecule has 3 aliphatic rings. The number of rotatable bonds is 8. The van der Waals surface area contributed by atoms with E-state index in [1.54, 1.807) is 19.0 Å². The molecule has 0 heterocycles. The van der Waals surface area contributed by atoms with Gasteiger partial charge in [-0.1, -0.05) is 38.1 Å². The van der Waals surface area contributed by atoms with Crippen LogP contribution in [0, 0.1) is 23.7 Å². The minimum atomic E-state index is -2.01. The Morgan fingerprint density at radius 2 is 1.80 bits per heavy atom. The van der Waals surface area contributed by atoms with Gasteiger partial charge in [0.05, 0.1) is 23.1 Å². The number of aliphatic hydroxyl groups is 3. The lowest BCUT2D eigenvalue weighted by atomic mass is 9.56. The van der Waals surface area contributed by atoms with Gasteiger partial charge in [0.1, 0.15) is 22.9 Å². The predicted octanol–water partition coefficient (Wildman–Crippen LogP) is 4.33. The van der Waals surface area contributed by atoms with Crippen LogP contribution in [0.2, 0.25) is 0 Å². The Morgan fingerprint density at radius 1 is 1.09 bits per heavy atom. The minimum Gasteiger partial charge on any atom is -0.511 e. The lowest BCUT2D eigenvalue weighted by Crippen LogP contribution is -2.59. The second-order valence-corrected chi connectivity index (χ2v) is 13.7. The summed E-state index contributed by atoms with van der Waals surface area (Å²) in [5, 5.41) is 45.5. The number of ketones is 1. The van der Waals surface area contributed by atoms with Gasteiger partial charge in [-0.15, -0.1) is 0 Å². The Balaban J connectivity index is 1.58. The van der Waals surface area contributed by atoms with Gasteiger partial charge in [0.2, 0.25) is 0 Å². The largest absolute Gasteiger partial charge is 0.511 e. The molecule has 0 fully saturated rings. The molecule has 2 aromatic rings. The zero-order valence-corrected chi connectivity index (χ0v) is 26.5. The second kappa shape index (κ2) is 11.7. The summed E-state index contributed by atoms with van der Waals surface area (Å²) in [5.41, 5.74) is 7.14. The van der Waals surface area contributed by atoms with Crippen molar-refractivity contribution in [3.63, 3.8) is 0 Å². The molecule has 0 spiro atoms. The molecule has 9 nitrogen and oxygen atoms in total. The van der Waals surface area contributed by atoms with E-state index in [1.807, 2.05) is 18.2 Å². The van der Waals surface area contributed by atoms with Crippen molar-refractivity contribution in [3.8, 4) is 16.9 Å². The van der Waals surface area contributed by atoms with Gasteiger partial charge in [-0.3, -0.25) is 14.5 Å². The first kappa shape index (κ1) is 31.8. The van der Waals surface area contributed by atoms with E-state index in [0.717, 1.165) is 36.2 Å². The highest BCUT2D eigenvalue weighted by Gasteiger charge is 2.59. The van der Waals surface area contributed by atoms with E-state index >= 15 is 0 Å². The Bertz CT molecular complexity index is 1560. The second-order valence-electron chi connectivity index (χ2n) is 13.7. The lowest BCUT2D eigenvalue weighted by molar-refractivity contribution is -0.120. The van der Waals surface area contributed by atoms with E-state index in [2.05, 4.69) is 37.9 Å². The third-order valence-corrected chi connectivity index (χ3v) is 9.81. The van der Waals surface area contributed by atoms with Gasteiger partial charge in [0.15, 0.2) is 5.78 Å². The van der Waals surface area contributed by atoms with E-state index in [1.165, 1.54) is 13.0 Å². The number of Topliss-reactive ketones (excluding diaryl/α,β-unsaturated/α-hetero) is 1. The van der Waals surface area contributed by atoms with Gasteiger partial charge in [0, 0.05) is 12.1 Å². The molecule has 0 aliphatic heterocycles. The summed E-state index contributed by atoms with van der Waals surface area (Å²) in [6.45, 7) is 7.54. The highest BCUT2D eigenvalue weighted by Crippen LogP contribution is 2.55. The van der Waals surface area contributed by atoms with E-state index < -0.39 is 41.1 Å². The number of carbonyl (C=O) groups is 2. The monoisotopic (exact) mass is 603 g/mol. The smallest absolute Gasteiger partial charge is 0.251 e. The fourth-order valence-corrected chi connectivity index (χ4v) is 7.87. The molecule has 0 saturated heterocycles. The maximum Gasteiger partial charge on any atom is 0.251 e. The van der Waals surface area contributed by atoms with E-state index in [-0.39, 0.29) is 34.0 Å². The average Bonchev–Trinajstić information content (AvgIpc) is 2.91. The Hall–Kier alpha value is -3.66. The molecule has 0 saturated carbocycles. The van der Waals surface area contributed by atoms with Crippen molar-refractivity contribution in [1.82, 2.24) is 9.80 Å². The van der Waals surface area contributed by atoms with Crippen LogP contribution in [0.1, 0.15) is 55.1 Å². The van der Waals surface area contributed by atoms with Gasteiger partial charge >= 0.3 is 0 Å². The number of nitrogens with zero attached hydrogens (tertiary/aromatic N) is 2. The highest BCUT2D eigenvalue weighted by atomic mass is 16.3. The topological polar surface area (TPSA) is 148 Å². The lowest BCUT2D eigenvalue weighted by Gasteiger charge is -2.52. The summed E-state index contributed by atoms with van der Waals surface area (Å²) in [7, 11) is 5.60. The van der Waals surface area contributed by atoms with Crippen LogP contribution in [0.3, 0.4) is 0 Å². The van der Waals surface area contributed by atoms with Crippen LogP contribution in [0.25, 0.3) is 11.1 Å². The summed E-state index contributed by atoms with van der Waals surface area (Å²) in [6.07, 6.45) is 1.85. The normalized spacial score (nSPS) is 26.7. The Kier molecular flexibility index (Phi) is 8.44. The quantitative estimate of drug-likeness (QED) is 0.300. The molecule has 5 rings (SSSR count). The number of hydrogen-bond donors (Lipinski definition) is 5. The first-order valence-corrected chi connectivity index (χ1v) is 15.4. The zero-order chi connectivity index (χ0) is 32.2. The van der Waals surface area contributed by atoms with Crippen LogP contribution < -0.4 is 5.73 Å². The molecule has 0 aromatic heterocycles. The summed E-state index contributed by atoms with van der Waals surface area (Å²) >= 11 is 0. The van der Waals surface area contributed by atoms with Crippen molar-refractivity contribution in [1.29, 1.82) is 0 Å². The van der Waals surface area contributed by atoms with Crippen molar-refractivity contribution >= 4 is 11.7 Å². The summed E-state index contributed by atoms with van der Waals surface area (Å²) in [4.78, 5) is 30.6. The summed E-state index contributed by atoms with van der Waals surface area (Å²) < 4.78 is 0. The van der Waals surface area contributed by atoms with Gasteiger partial charge in [0.25, 0.3) is 5.91 Å². The number of aromatic hydroxyl groups is 1. The molecule has 236 valence electrons. The van der Waals surface area contributed by atoms with E-state index in [4.69, 9.17) is 5.73 Å².